The molecule has 0 saturated heterocycles. The lowest BCUT2D eigenvalue weighted by atomic mass is 10.1. The lowest BCUT2D eigenvalue weighted by molar-refractivity contribution is 0.304. The highest BCUT2D eigenvalue weighted by Crippen LogP contribution is 2.20. The van der Waals surface area contributed by atoms with Crippen LogP contribution in [0.4, 0.5) is 0 Å². The third kappa shape index (κ3) is 17.1. The highest BCUT2D eigenvalue weighted by Gasteiger charge is 2.06. The number of unbranched alkanes of at least 4 members (excludes halogenated alkanes) is 16. The van der Waals surface area contributed by atoms with Crippen molar-refractivity contribution in [3.05, 3.63) is 35.7 Å². The van der Waals surface area contributed by atoms with Crippen molar-refractivity contribution in [2.45, 2.75) is 140 Å². The standard InChI is InChI=1S/C31H51ClN2O2S/c1-2-3-4-5-6-7-10-13-16-19-26-37-31-34-33-30(36-31)20-17-14-11-8-9-12-15-18-25-35-29-23-21-28(27-32)22-24-29/h21-24H,2-20,25-27H2,1H3. The minimum atomic E-state index is 0.552. The molecule has 0 aliphatic carbocycles. The van der Waals surface area contributed by atoms with Gasteiger partial charge in [0.1, 0.15) is 5.75 Å². The number of halogens is 1. The zero-order valence-electron chi connectivity index (χ0n) is 23.4. The van der Waals surface area contributed by atoms with Gasteiger partial charge in [-0.15, -0.1) is 21.8 Å². The molecule has 0 aliphatic heterocycles. The molecule has 1 aromatic heterocycles. The van der Waals surface area contributed by atoms with E-state index in [4.69, 9.17) is 20.8 Å². The quantitative estimate of drug-likeness (QED) is 0.0698. The number of nitrogens with zero attached hydrogens (tertiary/aromatic N) is 2. The number of thioether (sulfide) groups is 1. The second-order valence-corrected chi connectivity index (χ2v) is 11.5. The molecule has 0 aliphatic rings. The van der Waals surface area contributed by atoms with Crippen molar-refractivity contribution in [3.63, 3.8) is 0 Å². The Hall–Kier alpha value is -1.20. The monoisotopic (exact) mass is 550 g/mol. The van der Waals surface area contributed by atoms with E-state index in [1.54, 1.807) is 11.8 Å². The normalized spacial score (nSPS) is 11.3. The van der Waals surface area contributed by atoms with Crippen LogP contribution < -0.4 is 4.74 Å². The molecule has 0 atom stereocenters. The highest BCUT2D eigenvalue weighted by molar-refractivity contribution is 7.99. The molecular formula is C31H51ClN2O2S. The Bertz CT molecular complexity index is 769. The maximum absolute atomic E-state index is 5.82. The summed E-state index contributed by atoms with van der Waals surface area (Å²) in [7, 11) is 0. The van der Waals surface area contributed by atoms with Crippen molar-refractivity contribution in [3.8, 4) is 5.75 Å². The Morgan fingerprint density at radius 2 is 1.27 bits per heavy atom. The maximum Gasteiger partial charge on any atom is 0.276 e. The average Bonchev–Trinajstić information content (AvgIpc) is 3.38. The van der Waals surface area contributed by atoms with Gasteiger partial charge in [-0.25, -0.2) is 0 Å². The highest BCUT2D eigenvalue weighted by atomic mass is 35.5. The largest absolute Gasteiger partial charge is 0.494 e. The number of hydrogen-bond acceptors (Lipinski definition) is 5. The Morgan fingerprint density at radius 1 is 0.703 bits per heavy atom. The van der Waals surface area contributed by atoms with Crippen LogP contribution in [0.2, 0.25) is 0 Å². The third-order valence-corrected chi connectivity index (χ3v) is 8.02. The second-order valence-electron chi connectivity index (χ2n) is 10.2. The Labute approximate surface area is 236 Å². The van der Waals surface area contributed by atoms with Crippen LogP contribution in [0.1, 0.15) is 134 Å². The molecule has 0 saturated carbocycles. The SMILES string of the molecule is CCCCCCCCCCCCSc1nnc(CCCCCCCCCCOc2ccc(CCl)cc2)o1. The maximum atomic E-state index is 5.82. The van der Waals surface area contributed by atoms with Gasteiger partial charge in [0.15, 0.2) is 0 Å². The first-order valence-electron chi connectivity index (χ1n) is 15.0. The van der Waals surface area contributed by atoms with Gasteiger partial charge in [0, 0.05) is 18.1 Å². The van der Waals surface area contributed by atoms with Gasteiger partial charge < -0.3 is 9.15 Å². The van der Waals surface area contributed by atoms with E-state index in [1.165, 1.54) is 103 Å². The first kappa shape index (κ1) is 32.0. The van der Waals surface area contributed by atoms with Crippen LogP contribution in [-0.2, 0) is 12.3 Å². The predicted octanol–water partition coefficient (Wildman–Crippen LogP) is 10.6. The molecule has 6 heteroatoms. The zero-order chi connectivity index (χ0) is 26.2. The van der Waals surface area contributed by atoms with Gasteiger partial charge in [-0.3, -0.25) is 0 Å². The lowest BCUT2D eigenvalue weighted by Gasteiger charge is -2.06. The van der Waals surface area contributed by atoms with Crippen LogP contribution >= 0.6 is 23.4 Å². The molecule has 0 unspecified atom stereocenters. The van der Waals surface area contributed by atoms with Crippen molar-refractivity contribution >= 4 is 23.4 Å². The molecular weight excluding hydrogens is 500 g/mol. The zero-order valence-corrected chi connectivity index (χ0v) is 24.9. The van der Waals surface area contributed by atoms with Crippen LogP contribution in [0.25, 0.3) is 0 Å². The molecule has 0 fully saturated rings. The van der Waals surface area contributed by atoms with Gasteiger partial charge in [-0.05, 0) is 37.0 Å². The Kier molecular flexibility index (Phi) is 19.7. The fraction of sp³-hybridized carbons (Fsp3) is 0.742. The van der Waals surface area contributed by atoms with Gasteiger partial charge in [0.05, 0.1) is 6.61 Å². The second kappa shape index (κ2) is 22.8. The summed E-state index contributed by atoms with van der Waals surface area (Å²) in [6.07, 6.45) is 24.6. The van der Waals surface area contributed by atoms with Gasteiger partial charge in [0.2, 0.25) is 5.89 Å². The third-order valence-electron chi connectivity index (χ3n) is 6.80. The van der Waals surface area contributed by atoms with E-state index in [2.05, 4.69) is 17.1 Å². The number of alkyl halides is 1. The number of aryl methyl sites for hydroxylation is 1. The van der Waals surface area contributed by atoms with E-state index in [-0.39, 0.29) is 0 Å². The van der Waals surface area contributed by atoms with Crippen molar-refractivity contribution in [1.29, 1.82) is 0 Å². The minimum Gasteiger partial charge on any atom is -0.494 e. The molecule has 2 rings (SSSR count). The molecule has 210 valence electrons. The summed E-state index contributed by atoms with van der Waals surface area (Å²) >= 11 is 7.54. The summed E-state index contributed by atoms with van der Waals surface area (Å²) in [5, 5.41) is 9.21. The van der Waals surface area contributed by atoms with E-state index in [1.807, 2.05) is 24.3 Å². The van der Waals surface area contributed by atoms with E-state index < -0.39 is 0 Å². The summed E-state index contributed by atoms with van der Waals surface area (Å²) < 4.78 is 11.6. The Balaban J connectivity index is 1.33. The number of hydrogen-bond donors (Lipinski definition) is 0. The first-order chi connectivity index (χ1) is 18.3. The molecule has 4 nitrogen and oxygen atoms in total. The molecule has 0 N–H and O–H groups in total. The van der Waals surface area contributed by atoms with E-state index in [0.29, 0.717) is 5.88 Å². The van der Waals surface area contributed by atoms with E-state index in [0.717, 1.165) is 54.0 Å². The van der Waals surface area contributed by atoms with Gasteiger partial charge in [0.25, 0.3) is 5.22 Å². The van der Waals surface area contributed by atoms with Gasteiger partial charge in [-0.2, -0.15) is 0 Å². The molecule has 1 aromatic carbocycles. The van der Waals surface area contributed by atoms with Crippen molar-refractivity contribution < 1.29 is 9.15 Å². The molecule has 1 heterocycles. The van der Waals surface area contributed by atoms with Gasteiger partial charge in [-0.1, -0.05) is 127 Å². The van der Waals surface area contributed by atoms with E-state index >= 15 is 0 Å². The van der Waals surface area contributed by atoms with Crippen molar-refractivity contribution in [1.82, 2.24) is 10.2 Å². The van der Waals surface area contributed by atoms with E-state index in [9.17, 15) is 0 Å². The molecule has 0 radical (unpaired) electrons. The fourth-order valence-electron chi connectivity index (χ4n) is 4.45. The smallest absolute Gasteiger partial charge is 0.276 e. The minimum absolute atomic E-state index is 0.552. The number of aromatic nitrogens is 2. The summed E-state index contributed by atoms with van der Waals surface area (Å²) in [4.78, 5) is 0. The van der Waals surface area contributed by atoms with Crippen LogP contribution in [0, 0.1) is 0 Å². The van der Waals surface area contributed by atoms with Crippen LogP contribution in [0.15, 0.2) is 33.9 Å². The summed E-state index contributed by atoms with van der Waals surface area (Å²) in [5.41, 5.74) is 1.13. The average molecular weight is 551 g/mol. The van der Waals surface area contributed by atoms with Crippen LogP contribution in [0.3, 0.4) is 0 Å². The molecule has 0 spiro atoms. The summed E-state index contributed by atoms with van der Waals surface area (Å²) in [6.45, 7) is 3.08. The predicted molar refractivity (Wildman–Crippen MR) is 159 cm³/mol. The first-order valence-corrected chi connectivity index (χ1v) is 16.6. The molecule has 2 aromatic rings. The van der Waals surface area contributed by atoms with Crippen molar-refractivity contribution in [2.24, 2.45) is 0 Å². The van der Waals surface area contributed by atoms with Crippen LogP contribution in [0.5, 0.6) is 5.75 Å². The molecule has 37 heavy (non-hydrogen) atoms. The fourth-order valence-corrected chi connectivity index (χ4v) is 5.41. The van der Waals surface area contributed by atoms with Crippen LogP contribution in [-0.4, -0.2) is 22.6 Å². The molecule has 0 bridgehead atoms. The number of ether oxygens (including phenoxy) is 1. The summed E-state index contributed by atoms with van der Waals surface area (Å²) in [5.74, 6) is 3.39. The molecule has 0 amide bonds. The van der Waals surface area contributed by atoms with Gasteiger partial charge >= 0.3 is 0 Å². The number of benzene rings is 1. The topological polar surface area (TPSA) is 48.2 Å². The summed E-state index contributed by atoms with van der Waals surface area (Å²) in [6, 6.07) is 8.06. The van der Waals surface area contributed by atoms with Crippen molar-refractivity contribution in [2.75, 3.05) is 12.4 Å². The lowest BCUT2D eigenvalue weighted by Crippen LogP contribution is -1.97. The number of rotatable bonds is 25. The Morgan fingerprint density at radius 3 is 1.89 bits per heavy atom.